The summed E-state index contributed by atoms with van der Waals surface area (Å²) in [7, 11) is 3.44. The quantitative estimate of drug-likeness (QED) is 0.339. The van der Waals surface area contributed by atoms with Crippen LogP contribution in [0, 0.1) is 13.8 Å². The molecule has 0 fully saturated rings. The van der Waals surface area contributed by atoms with E-state index in [0.717, 1.165) is 58.9 Å². The van der Waals surface area contributed by atoms with Crippen molar-refractivity contribution in [2.75, 3.05) is 20.8 Å². The molecule has 0 N–H and O–H groups in total. The number of nitrogens with zero attached hydrogens (tertiary/aromatic N) is 1. The molecule has 0 spiro atoms. The summed E-state index contributed by atoms with van der Waals surface area (Å²) in [6.45, 7) is 9.13. The number of fused-ring (bicyclic) bond motifs is 1. The molecule has 0 heterocycles. The predicted octanol–water partition coefficient (Wildman–Crippen LogP) is 7.66. The number of aliphatic imine (C=N–C) groups is 1. The molecule has 1 atom stereocenters. The van der Waals surface area contributed by atoms with E-state index in [1.165, 1.54) is 16.7 Å². The summed E-state index contributed by atoms with van der Waals surface area (Å²) in [5, 5.41) is 0. The molecule has 0 aliphatic heterocycles. The van der Waals surface area contributed by atoms with Crippen LogP contribution in [0.15, 0.2) is 59.6 Å². The van der Waals surface area contributed by atoms with E-state index >= 15 is 0 Å². The van der Waals surface area contributed by atoms with Gasteiger partial charge in [0.2, 0.25) is 0 Å². The van der Waals surface area contributed by atoms with Crippen LogP contribution in [0.5, 0.6) is 11.5 Å². The summed E-state index contributed by atoms with van der Waals surface area (Å²) in [5.74, 6) is 2.14. The van der Waals surface area contributed by atoms with Crippen molar-refractivity contribution in [2.24, 2.45) is 4.99 Å². The minimum absolute atomic E-state index is 0.174. The molecule has 0 aromatic heterocycles. The molecule has 4 heteroatoms. The number of ether oxygens (including phenoxy) is 3. The third-order valence-corrected chi connectivity index (χ3v) is 6.69. The smallest absolute Gasteiger partial charge is 0.147 e. The summed E-state index contributed by atoms with van der Waals surface area (Å²) in [4.78, 5) is 5.20. The Labute approximate surface area is 210 Å². The standard InChI is InChI=1S/C31H37NO3/c1-20(2)29-27(35-28(19-33-5)23-11-8-7-9-12-23)16-15-24-13-10-14-26(30(24)29)32-25-17-21(3)31(34-6)22(4)18-25/h7-9,11-12,15-18,20,28H,10,13-14,19H2,1-6H3/b32-26+/t28-/m0/s1. The van der Waals surface area contributed by atoms with E-state index in [4.69, 9.17) is 19.2 Å². The first kappa shape index (κ1) is 25.0. The van der Waals surface area contributed by atoms with Crippen molar-refractivity contribution in [3.05, 3.63) is 88.0 Å². The zero-order chi connectivity index (χ0) is 24.9. The molecule has 3 aromatic carbocycles. The highest BCUT2D eigenvalue weighted by molar-refractivity contribution is 6.06. The molecule has 0 saturated carbocycles. The Balaban J connectivity index is 1.80. The van der Waals surface area contributed by atoms with Gasteiger partial charge in [-0.3, -0.25) is 4.99 Å². The highest BCUT2D eigenvalue weighted by Crippen LogP contribution is 2.39. The van der Waals surface area contributed by atoms with Crippen molar-refractivity contribution in [1.29, 1.82) is 0 Å². The normalized spacial score (nSPS) is 15.2. The number of benzene rings is 3. The molecule has 0 bridgehead atoms. The van der Waals surface area contributed by atoms with E-state index in [1.54, 1.807) is 14.2 Å². The number of hydrogen-bond donors (Lipinski definition) is 0. The van der Waals surface area contributed by atoms with Gasteiger partial charge in [-0.25, -0.2) is 0 Å². The van der Waals surface area contributed by atoms with Gasteiger partial charge in [0, 0.05) is 23.9 Å². The van der Waals surface area contributed by atoms with E-state index in [9.17, 15) is 0 Å². The average Bonchev–Trinajstić information content (AvgIpc) is 2.84. The first-order valence-electron chi connectivity index (χ1n) is 12.5. The summed E-state index contributed by atoms with van der Waals surface area (Å²) in [5.41, 5.74) is 9.30. The highest BCUT2D eigenvalue weighted by Gasteiger charge is 2.26. The van der Waals surface area contributed by atoms with Crippen LogP contribution >= 0.6 is 0 Å². The van der Waals surface area contributed by atoms with Crippen molar-refractivity contribution in [3.8, 4) is 11.5 Å². The maximum atomic E-state index is 6.67. The largest absolute Gasteiger partial charge is 0.496 e. The monoisotopic (exact) mass is 471 g/mol. The van der Waals surface area contributed by atoms with Gasteiger partial charge in [0.05, 0.1) is 19.4 Å². The molecular formula is C31H37NO3. The molecule has 0 unspecified atom stereocenters. The maximum absolute atomic E-state index is 6.67. The minimum atomic E-state index is -0.174. The Morgan fingerprint density at radius 3 is 2.26 bits per heavy atom. The number of rotatable bonds is 8. The predicted molar refractivity (Wildman–Crippen MR) is 144 cm³/mol. The molecule has 4 rings (SSSR count). The van der Waals surface area contributed by atoms with Gasteiger partial charge in [0.15, 0.2) is 0 Å². The summed E-state index contributed by atoms with van der Waals surface area (Å²) in [6.07, 6.45) is 2.96. The summed E-state index contributed by atoms with van der Waals surface area (Å²) < 4.78 is 17.8. The second kappa shape index (κ2) is 11.1. The van der Waals surface area contributed by atoms with Crippen molar-refractivity contribution >= 4 is 11.4 Å². The van der Waals surface area contributed by atoms with Crippen molar-refractivity contribution < 1.29 is 14.2 Å². The van der Waals surface area contributed by atoms with E-state index < -0.39 is 0 Å². The van der Waals surface area contributed by atoms with Gasteiger partial charge in [-0.1, -0.05) is 50.2 Å². The van der Waals surface area contributed by atoms with Crippen LogP contribution in [-0.4, -0.2) is 26.5 Å². The van der Waals surface area contributed by atoms with E-state index in [-0.39, 0.29) is 6.10 Å². The lowest BCUT2D eigenvalue weighted by Crippen LogP contribution is -2.19. The van der Waals surface area contributed by atoms with E-state index in [0.29, 0.717) is 12.5 Å². The molecule has 1 aliphatic carbocycles. The Bertz CT molecular complexity index is 1170. The van der Waals surface area contributed by atoms with E-state index in [1.807, 2.05) is 18.2 Å². The van der Waals surface area contributed by atoms with Crippen LogP contribution in [0.25, 0.3) is 0 Å². The lowest BCUT2D eigenvalue weighted by atomic mass is 9.82. The zero-order valence-corrected chi connectivity index (χ0v) is 21.9. The topological polar surface area (TPSA) is 40.0 Å². The fourth-order valence-corrected chi connectivity index (χ4v) is 5.19. The molecule has 0 radical (unpaired) electrons. The van der Waals surface area contributed by atoms with Gasteiger partial charge < -0.3 is 14.2 Å². The van der Waals surface area contributed by atoms with Crippen LogP contribution in [0.4, 0.5) is 5.69 Å². The molecular weight excluding hydrogens is 434 g/mol. The second-order valence-corrected chi connectivity index (χ2v) is 9.66. The Hall–Kier alpha value is -3.11. The molecule has 35 heavy (non-hydrogen) atoms. The fourth-order valence-electron chi connectivity index (χ4n) is 5.19. The van der Waals surface area contributed by atoms with Crippen LogP contribution in [0.1, 0.15) is 72.1 Å². The minimum Gasteiger partial charge on any atom is -0.496 e. The highest BCUT2D eigenvalue weighted by atomic mass is 16.5. The van der Waals surface area contributed by atoms with Crippen LogP contribution < -0.4 is 9.47 Å². The number of hydrogen-bond acceptors (Lipinski definition) is 4. The Morgan fingerprint density at radius 2 is 1.63 bits per heavy atom. The fraction of sp³-hybridized carbons (Fsp3) is 0.387. The van der Waals surface area contributed by atoms with Gasteiger partial charge in [0.25, 0.3) is 0 Å². The molecule has 1 aliphatic rings. The first-order valence-corrected chi connectivity index (χ1v) is 12.5. The van der Waals surface area contributed by atoms with Crippen molar-refractivity contribution in [3.63, 3.8) is 0 Å². The average molecular weight is 472 g/mol. The first-order chi connectivity index (χ1) is 16.9. The van der Waals surface area contributed by atoms with Crippen LogP contribution in [-0.2, 0) is 11.2 Å². The number of aryl methyl sites for hydroxylation is 3. The molecule has 184 valence electrons. The van der Waals surface area contributed by atoms with Gasteiger partial charge in [-0.05, 0) is 79.5 Å². The summed E-state index contributed by atoms with van der Waals surface area (Å²) in [6, 6.07) is 18.9. The Kier molecular flexibility index (Phi) is 7.92. The molecule has 4 nitrogen and oxygen atoms in total. The third kappa shape index (κ3) is 5.43. The molecule has 0 amide bonds. The third-order valence-electron chi connectivity index (χ3n) is 6.69. The second-order valence-electron chi connectivity index (χ2n) is 9.66. The Morgan fingerprint density at radius 1 is 0.914 bits per heavy atom. The van der Waals surface area contributed by atoms with Crippen LogP contribution in [0.3, 0.4) is 0 Å². The molecule has 0 saturated heterocycles. The van der Waals surface area contributed by atoms with Gasteiger partial charge in [0.1, 0.15) is 17.6 Å². The van der Waals surface area contributed by atoms with E-state index in [2.05, 4.69) is 64.1 Å². The van der Waals surface area contributed by atoms with Crippen molar-refractivity contribution in [1.82, 2.24) is 0 Å². The van der Waals surface area contributed by atoms with Gasteiger partial charge in [-0.15, -0.1) is 0 Å². The number of methoxy groups -OCH3 is 2. The molecule has 3 aromatic rings. The van der Waals surface area contributed by atoms with Crippen molar-refractivity contribution in [2.45, 2.75) is 59.0 Å². The zero-order valence-electron chi connectivity index (χ0n) is 21.9. The summed E-state index contributed by atoms with van der Waals surface area (Å²) >= 11 is 0. The van der Waals surface area contributed by atoms with Gasteiger partial charge in [-0.2, -0.15) is 0 Å². The lowest BCUT2D eigenvalue weighted by molar-refractivity contribution is 0.0801. The maximum Gasteiger partial charge on any atom is 0.147 e. The SMILES string of the molecule is COC[C@H](Oc1ccc2c(c1C(C)C)/C(=N/c1cc(C)c(OC)c(C)c1)CCC2)c1ccccc1. The lowest BCUT2D eigenvalue weighted by Gasteiger charge is -2.28. The van der Waals surface area contributed by atoms with Gasteiger partial charge >= 0.3 is 0 Å². The van der Waals surface area contributed by atoms with Crippen LogP contribution in [0.2, 0.25) is 0 Å².